The van der Waals surface area contributed by atoms with Crippen LogP contribution in [0.5, 0.6) is 0 Å². The van der Waals surface area contributed by atoms with Crippen LogP contribution in [0.15, 0.2) is 54.6 Å². The number of likely N-dealkylation sites (N-methyl/N-ethyl adjacent to an activating group) is 1. The van der Waals surface area contributed by atoms with E-state index in [1.165, 1.54) is 4.90 Å². The maximum Gasteiger partial charge on any atom is 0.262 e. The number of carbonyl (C=O) groups excluding carboxylic acids is 4. The number of hydrogen-bond acceptors (Lipinski definition) is 4. The van der Waals surface area contributed by atoms with Gasteiger partial charge in [-0.05, 0) is 38.5 Å². The van der Waals surface area contributed by atoms with Gasteiger partial charge in [-0.1, -0.05) is 42.5 Å². The number of rotatable bonds is 8. The molecule has 7 nitrogen and oxygen atoms in total. The van der Waals surface area contributed by atoms with E-state index in [-0.39, 0.29) is 31.5 Å². The molecule has 0 fully saturated rings. The third-order valence-corrected chi connectivity index (χ3v) is 5.17. The SMILES string of the molecule is CCN(CC(=O)NC(C)C)C(=O)[C@H](Cc1ccccc1)N1C(=O)c2ccccc2C1=O. The summed E-state index contributed by atoms with van der Waals surface area (Å²) in [7, 11) is 0. The fourth-order valence-corrected chi connectivity index (χ4v) is 3.71. The molecule has 1 N–H and O–H groups in total. The van der Waals surface area contributed by atoms with Gasteiger partial charge in [-0.15, -0.1) is 0 Å². The zero-order valence-electron chi connectivity index (χ0n) is 18.0. The molecule has 3 rings (SSSR count). The van der Waals surface area contributed by atoms with Crippen molar-refractivity contribution < 1.29 is 19.2 Å². The van der Waals surface area contributed by atoms with E-state index >= 15 is 0 Å². The molecule has 0 aromatic heterocycles. The van der Waals surface area contributed by atoms with Gasteiger partial charge in [0, 0.05) is 19.0 Å². The van der Waals surface area contributed by atoms with Crippen molar-refractivity contribution in [3.05, 3.63) is 71.3 Å². The molecule has 2 aromatic carbocycles. The van der Waals surface area contributed by atoms with Crippen LogP contribution >= 0.6 is 0 Å². The van der Waals surface area contributed by atoms with E-state index < -0.39 is 23.8 Å². The van der Waals surface area contributed by atoms with E-state index in [0.29, 0.717) is 11.1 Å². The molecule has 0 spiro atoms. The summed E-state index contributed by atoms with van der Waals surface area (Å²) in [4.78, 5) is 54.4. The highest BCUT2D eigenvalue weighted by molar-refractivity contribution is 6.22. The van der Waals surface area contributed by atoms with Crippen LogP contribution in [0.2, 0.25) is 0 Å². The Bertz CT molecular complexity index is 952. The number of benzene rings is 2. The van der Waals surface area contributed by atoms with Gasteiger partial charge in [-0.2, -0.15) is 0 Å². The molecular weight excluding hydrogens is 394 g/mol. The second-order valence-electron chi connectivity index (χ2n) is 7.81. The van der Waals surface area contributed by atoms with E-state index in [1.54, 1.807) is 31.2 Å². The molecule has 0 bridgehead atoms. The summed E-state index contributed by atoms with van der Waals surface area (Å²) in [5, 5.41) is 2.77. The second-order valence-corrected chi connectivity index (χ2v) is 7.81. The summed E-state index contributed by atoms with van der Waals surface area (Å²) in [5.74, 6) is -1.69. The third-order valence-electron chi connectivity index (χ3n) is 5.17. The molecule has 162 valence electrons. The molecule has 1 aliphatic heterocycles. The molecule has 1 atom stereocenters. The average Bonchev–Trinajstić information content (AvgIpc) is 3.00. The Morgan fingerprint density at radius 3 is 2.00 bits per heavy atom. The van der Waals surface area contributed by atoms with Crippen LogP contribution in [0.4, 0.5) is 0 Å². The molecule has 0 unspecified atom stereocenters. The van der Waals surface area contributed by atoms with Crippen molar-refractivity contribution in [1.82, 2.24) is 15.1 Å². The Balaban J connectivity index is 1.93. The van der Waals surface area contributed by atoms with Gasteiger partial charge >= 0.3 is 0 Å². The first-order chi connectivity index (χ1) is 14.8. The number of imide groups is 1. The number of fused-ring (bicyclic) bond motifs is 1. The fourth-order valence-electron chi connectivity index (χ4n) is 3.71. The van der Waals surface area contributed by atoms with Gasteiger partial charge in [-0.25, -0.2) is 0 Å². The summed E-state index contributed by atoms with van der Waals surface area (Å²) in [6.07, 6.45) is 0.174. The first-order valence-corrected chi connectivity index (χ1v) is 10.4. The molecule has 0 saturated heterocycles. The minimum absolute atomic E-state index is 0.0577. The number of carbonyl (C=O) groups is 4. The van der Waals surface area contributed by atoms with Gasteiger partial charge in [0.25, 0.3) is 11.8 Å². The zero-order valence-corrected chi connectivity index (χ0v) is 18.0. The fraction of sp³-hybridized carbons (Fsp3) is 0.333. The molecule has 31 heavy (non-hydrogen) atoms. The van der Waals surface area contributed by atoms with Crippen molar-refractivity contribution >= 4 is 23.6 Å². The van der Waals surface area contributed by atoms with Crippen LogP contribution < -0.4 is 5.32 Å². The Labute approximate surface area is 182 Å². The van der Waals surface area contributed by atoms with Gasteiger partial charge in [0.15, 0.2) is 0 Å². The van der Waals surface area contributed by atoms with Gasteiger partial charge in [0.05, 0.1) is 17.7 Å². The highest BCUT2D eigenvalue weighted by Gasteiger charge is 2.43. The van der Waals surface area contributed by atoms with Crippen LogP contribution in [0.1, 0.15) is 47.1 Å². The van der Waals surface area contributed by atoms with E-state index in [2.05, 4.69) is 5.32 Å². The van der Waals surface area contributed by atoms with Crippen LogP contribution in [-0.2, 0) is 16.0 Å². The van der Waals surface area contributed by atoms with E-state index in [1.807, 2.05) is 44.2 Å². The zero-order chi connectivity index (χ0) is 22.5. The van der Waals surface area contributed by atoms with E-state index in [4.69, 9.17) is 0 Å². The van der Waals surface area contributed by atoms with Crippen LogP contribution in [0, 0.1) is 0 Å². The molecule has 0 radical (unpaired) electrons. The lowest BCUT2D eigenvalue weighted by atomic mass is 10.0. The molecule has 0 saturated carbocycles. The van der Waals surface area contributed by atoms with Crippen LogP contribution in [0.25, 0.3) is 0 Å². The molecule has 2 aromatic rings. The summed E-state index contributed by atoms with van der Waals surface area (Å²) in [6, 6.07) is 14.7. The van der Waals surface area contributed by atoms with Crippen molar-refractivity contribution in [1.29, 1.82) is 0 Å². The van der Waals surface area contributed by atoms with Gasteiger partial charge in [0.2, 0.25) is 11.8 Å². The Kier molecular flexibility index (Phi) is 6.84. The van der Waals surface area contributed by atoms with E-state index in [9.17, 15) is 19.2 Å². The van der Waals surface area contributed by atoms with Gasteiger partial charge in [0.1, 0.15) is 6.04 Å². The predicted molar refractivity (Wildman–Crippen MR) is 116 cm³/mol. The maximum atomic E-state index is 13.5. The normalized spacial score (nSPS) is 13.9. The lowest BCUT2D eigenvalue weighted by molar-refractivity contribution is -0.139. The minimum Gasteiger partial charge on any atom is -0.352 e. The number of amides is 4. The summed E-state index contributed by atoms with van der Waals surface area (Å²) in [6.45, 7) is 5.59. The van der Waals surface area contributed by atoms with Crippen LogP contribution in [-0.4, -0.2) is 58.6 Å². The molecule has 1 aliphatic rings. The van der Waals surface area contributed by atoms with Crippen LogP contribution in [0.3, 0.4) is 0 Å². The second kappa shape index (κ2) is 9.55. The number of nitrogens with zero attached hydrogens (tertiary/aromatic N) is 2. The topological polar surface area (TPSA) is 86.8 Å². The lowest BCUT2D eigenvalue weighted by Crippen LogP contribution is -2.54. The largest absolute Gasteiger partial charge is 0.352 e. The number of nitrogens with one attached hydrogen (secondary N) is 1. The maximum absolute atomic E-state index is 13.5. The van der Waals surface area contributed by atoms with Gasteiger partial charge in [-0.3, -0.25) is 24.1 Å². The van der Waals surface area contributed by atoms with Crippen molar-refractivity contribution in [3.63, 3.8) is 0 Å². The number of hydrogen-bond donors (Lipinski definition) is 1. The van der Waals surface area contributed by atoms with Gasteiger partial charge < -0.3 is 10.2 Å². The molecule has 4 amide bonds. The average molecular weight is 421 g/mol. The first-order valence-electron chi connectivity index (χ1n) is 10.4. The highest BCUT2D eigenvalue weighted by Crippen LogP contribution is 2.26. The quantitative estimate of drug-likeness (QED) is 0.663. The summed E-state index contributed by atoms with van der Waals surface area (Å²) in [5.41, 5.74) is 1.40. The molecule has 0 aliphatic carbocycles. The predicted octanol–water partition coefficient (Wildman–Crippen LogP) is 2.27. The summed E-state index contributed by atoms with van der Waals surface area (Å²) >= 11 is 0. The Morgan fingerprint density at radius 2 is 1.48 bits per heavy atom. The molecule has 7 heteroatoms. The smallest absolute Gasteiger partial charge is 0.262 e. The Morgan fingerprint density at radius 1 is 0.935 bits per heavy atom. The molecule has 1 heterocycles. The Hall–Kier alpha value is -3.48. The van der Waals surface area contributed by atoms with Crippen molar-refractivity contribution in [2.24, 2.45) is 0 Å². The van der Waals surface area contributed by atoms with Crippen molar-refractivity contribution in [2.75, 3.05) is 13.1 Å². The first kappa shape index (κ1) is 22.2. The highest BCUT2D eigenvalue weighted by atomic mass is 16.2. The summed E-state index contributed by atoms with van der Waals surface area (Å²) < 4.78 is 0. The van der Waals surface area contributed by atoms with Crippen molar-refractivity contribution in [3.8, 4) is 0 Å². The standard InChI is InChI=1S/C24H27N3O4/c1-4-26(15-21(28)25-16(2)3)24(31)20(14-17-10-6-5-7-11-17)27-22(29)18-12-8-9-13-19(18)23(27)30/h5-13,16,20H,4,14-15H2,1-3H3,(H,25,28)/t20-/m0/s1. The minimum atomic E-state index is -1.04. The lowest BCUT2D eigenvalue weighted by Gasteiger charge is -2.31. The monoisotopic (exact) mass is 421 g/mol. The third kappa shape index (κ3) is 4.82. The molecular formula is C24H27N3O4. The van der Waals surface area contributed by atoms with Crippen molar-refractivity contribution in [2.45, 2.75) is 39.3 Å². The van der Waals surface area contributed by atoms with E-state index in [0.717, 1.165) is 10.5 Å².